The van der Waals surface area contributed by atoms with E-state index in [1.54, 1.807) is 24.3 Å². The third kappa shape index (κ3) is 4.59. The molecule has 2 amide bonds. The minimum absolute atomic E-state index is 0.179. The van der Waals surface area contributed by atoms with E-state index in [2.05, 4.69) is 5.32 Å². The fraction of sp³-hybridized carbons (Fsp3) is 0.125. The number of carbonyl (C=O) groups is 2. The lowest BCUT2D eigenvalue weighted by Gasteiger charge is -2.08. The van der Waals surface area contributed by atoms with E-state index in [0.29, 0.717) is 11.3 Å². The van der Waals surface area contributed by atoms with E-state index in [4.69, 9.17) is 10.5 Å². The molecule has 0 heterocycles. The Morgan fingerprint density at radius 2 is 1.86 bits per heavy atom. The first-order valence-corrected chi connectivity index (χ1v) is 6.58. The summed E-state index contributed by atoms with van der Waals surface area (Å²) in [6, 6.07) is 12.1. The Morgan fingerprint density at radius 1 is 1.14 bits per heavy atom. The Balaban J connectivity index is 1.81. The first kappa shape index (κ1) is 15.5. The van der Waals surface area contributed by atoms with Gasteiger partial charge in [0.05, 0.1) is 0 Å². The minimum Gasteiger partial charge on any atom is -0.484 e. The smallest absolute Gasteiger partial charge is 0.258 e. The van der Waals surface area contributed by atoms with Crippen molar-refractivity contribution in [3.63, 3.8) is 0 Å². The molecule has 2 rings (SSSR count). The summed E-state index contributed by atoms with van der Waals surface area (Å²) >= 11 is 0. The second kappa shape index (κ2) is 7.21. The molecule has 2 aromatic carbocycles. The van der Waals surface area contributed by atoms with Crippen LogP contribution in [0.25, 0.3) is 0 Å². The normalized spacial score (nSPS) is 10.0. The Kier molecular flexibility index (Phi) is 5.08. The quantitative estimate of drug-likeness (QED) is 0.850. The number of primary amides is 1. The Morgan fingerprint density at radius 3 is 2.55 bits per heavy atom. The Bertz CT molecular complexity index is 671. The van der Waals surface area contributed by atoms with Gasteiger partial charge in [0.2, 0.25) is 5.91 Å². The fourth-order valence-electron chi connectivity index (χ4n) is 1.77. The number of halogens is 1. The molecular formula is C16H15FN2O3. The first-order chi connectivity index (χ1) is 10.5. The maximum Gasteiger partial charge on any atom is 0.258 e. The molecule has 0 bridgehead atoms. The van der Waals surface area contributed by atoms with Gasteiger partial charge < -0.3 is 15.8 Å². The maximum absolute atomic E-state index is 12.7. The lowest BCUT2D eigenvalue weighted by atomic mass is 10.1. The molecular weight excluding hydrogens is 287 g/mol. The zero-order valence-electron chi connectivity index (χ0n) is 11.7. The maximum atomic E-state index is 12.7. The van der Waals surface area contributed by atoms with Crippen LogP contribution in [0.1, 0.15) is 15.9 Å². The second-order valence-corrected chi connectivity index (χ2v) is 4.58. The SMILES string of the molecule is NC(=O)c1cccc(CNC(=O)COc2ccc(F)cc2)c1. The van der Waals surface area contributed by atoms with Crippen LogP contribution in [0.15, 0.2) is 48.5 Å². The van der Waals surface area contributed by atoms with Crippen LogP contribution < -0.4 is 15.8 Å². The second-order valence-electron chi connectivity index (χ2n) is 4.58. The molecule has 2 aromatic rings. The lowest BCUT2D eigenvalue weighted by Crippen LogP contribution is -2.28. The molecule has 0 unspecified atom stereocenters. The molecule has 22 heavy (non-hydrogen) atoms. The van der Waals surface area contributed by atoms with E-state index in [0.717, 1.165) is 5.56 Å². The summed E-state index contributed by atoms with van der Waals surface area (Å²) in [5.41, 5.74) is 6.33. The first-order valence-electron chi connectivity index (χ1n) is 6.58. The van der Waals surface area contributed by atoms with Crippen LogP contribution in [0.5, 0.6) is 5.75 Å². The van der Waals surface area contributed by atoms with E-state index >= 15 is 0 Å². The largest absolute Gasteiger partial charge is 0.484 e. The summed E-state index contributed by atoms with van der Waals surface area (Å²) in [7, 11) is 0. The molecule has 0 aromatic heterocycles. The van der Waals surface area contributed by atoms with Gasteiger partial charge in [-0.3, -0.25) is 9.59 Å². The highest BCUT2D eigenvalue weighted by atomic mass is 19.1. The number of nitrogens with two attached hydrogens (primary N) is 1. The summed E-state index contributed by atoms with van der Waals surface area (Å²) in [5, 5.41) is 2.66. The zero-order chi connectivity index (χ0) is 15.9. The molecule has 0 spiro atoms. The van der Waals surface area contributed by atoms with Gasteiger partial charge in [-0.1, -0.05) is 12.1 Å². The molecule has 0 aliphatic heterocycles. The van der Waals surface area contributed by atoms with Crippen LogP contribution in [0.3, 0.4) is 0 Å². The van der Waals surface area contributed by atoms with Crippen molar-refractivity contribution in [2.45, 2.75) is 6.54 Å². The molecule has 0 fully saturated rings. The average Bonchev–Trinajstić information content (AvgIpc) is 2.52. The Labute approximate surface area is 126 Å². The van der Waals surface area contributed by atoms with Crippen molar-refractivity contribution in [2.75, 3.05) is 6.61 Å². The van der Waals surface area contributed by atoms with Crippen molar-refractivity contribution >= 4 is 11.8 Å². The number of nitrogens with one attached hydrogen (secondary N) is 1. The number of ether oxygens (including phenoxy) is 1. The fourth-order valence-corrected chi connectivity index (χ4v) is 1.77. The third-order valence-corrected chi connectivity index (χ3v) is 2.88. The number of carbonyl (C=O) groups excluding carboxylic acids is 2. The van der Waals surface area contributed by atoms with Crippen LogP contribution in [0.2, 0.25) is 0 Å². The number of benzene rings is 2. The standard InChI is InChI=1S/C16H15FN2O3/c17-13-4-6-14(7-5-13)22-10-15(20)19-9-11-2-1-3-12(8-11)16(18)21/h1-8H,9-10H2,(H2,18,21)(H,19,20). The van der Waals surface area contributed by atoms with Gasteiger partial charge in [0, 0.05) is 12.1 Å². The van der Waals surface area contributed by atoms with Crippen LogP contribution >= 0.6 is 0 Å². The molecule has 0 saturated heterocycles. The molecule has 0 atom stereocenters. The van der Waals surface area contributed by atoms with Crippen molar-refractivity contribution in [1.82, 2.24) is 5.32 Å². The molecule has 0 saturated carbocycles. The minimum atomic E-state index is -0.521. The number of hydrogen-bond acceptors (Lipinski definition) is 3. The van der Waals surface area contributed by atoms with E-state index in [1.165, 1.54) is 24.3 Å². The average molecular weight is 302 g/mol. The summed E-state index contributed by atoms with van der Waals surface area (Å²) in [5.74, 6) is -0.806. The summed E-state index contributed by atoms with van der Waals surface area (Å²) < 4.78 is 17.9. The predicted octanol–water partition coefficient (Wildman–Crippen LogP) is 1.62. The molecule has 6 heteroatoms. The monoisotopic (exact) mass is 302 g/mol. The van der Waals surface area contributed by atoms with Gasteiger partial charge in [0.1, 0.15) is 11.6 Å². The van der Waals surface area contributed by atoms with E-state index in [1.807, 2.05) is 0 Å². The van der Waals surface area contributed by atoms with Crippen LogP contribution in [-0.2, 0) is 11.3 Å². The zero-order valence-corrected chi connectivity index (χ0v) is 11.7. The van der Waals surface area contributed by atoms with Gasteiger partial charge in [0.25, 0.3) is 5.91 Å². The van der Waals surface area contributed by atoms with Crippen molar-refractivity contribution in [1.29, 1.82) is 0 Å². The number of hydrogen-bond donors (Lipinski definition) is 2. The van der Waals surface area contributed by atoms with Crippen LogP contribution in [0.4, 0.5) is 4.39 Å². The molecule has 114 valence electrons. The van der Waals surface area contributed by atoms with Gasteiger partial charge >= 0.3 is 0 Å². The van der Waals surface area contributed by atoms with Gasteiger partial charge in [-0.25, -0.2) is 4.39 Å². The lowest BCUT2D eigenvalue weighted by molar-refractivity contribution is -0.123. The summed E-state index contributed by atoms with van der Waals surface area (Å²) in [6.45, 7) is 0.0773. The van der Waals surface area contributed by atoms with Gasteiger partial charge in [-0.05, 0) is 42.0 Å². The highest BCUT2D eigenvalue weighted by Gasteiger charge is 2.05. The Hall–Kier alpha value is -2.89. The van der Waals surface area contributed by atoms with Gasteiger partial charge in [-0.2, -0.15) is 0 Å². The van der Waals surface area contributed by atoms with Gasteiger partial charge in [0.15, 0.2) is 6.61 Å². The van der Waals surface area contributed by atoms with Crippen LogP contribution in [0, 0.1) is 5.82 Å². The number of amides is 2. The van der Waals surface area contributed by atoms with Crippen molar-refractivity contribution < 1.29 is 18.7 Å². The topological polar surface area (TPSA) is 81.4 Å². The summed E-state index contributed by atoms with van der Waals surface area (Å²) in [4.78, 5) is 22.7. The third-order valence-electron chi connectivity index (χ3n) is 2.88. The van der Waals surface area contributed by atoms with Crippen molar-refractivity contribution in [2.24, 2.45) is 5.73 Å². The molecule has 0 aliphatic rings. The number of rotatable bonds is 6. The summed E-state index contributed by atoms with van der Waals surface area (Å²) in [6.07, 6.45) is 0. The van der Waals surface area contributed by atoms with Crippen molar-refractivity contribution in [3.05, 3.63) is 65.5 Å². The van der Waals surface area contributed by atoms with E-state index < -0.39 is 5.91 Å². The molecule has 3 N–H and O–H groups in total. The molecule has 5 nitrogen and oxygen atoms in total. The molecule has 0 radical (unpaired) electrons. The van der Waals surface area contributed by atoms with Crippen molar-refractivity contribution in [3.8, 4) is 5.75 Å². The molecule has 0 aliphatic carbocycles. The highest BCUT2D eigenvalue weighted by molar-refractivity contribution is 5.92. The highest BCUT2D eigenvalue weighted by Crippen LogP contribution is 2.10. The van der Waals surface area contributed by atoms with E-state index in [9.17, 15) is 14.0 Å². The predicted molar refractivity (Wildman–Crippen MR) is 78.7 cm³/mol. The van der Waals surface area contributed by atoms with Crippen LogP contribution in [-0.4, -0.2) is 18.4 Å². The van der Waals surface area contributed by atoms with E-state index in [-0.39, 0.29) is 24.9 Å². The van der Waals surface area contributed by atoms with Gasteiger partial charge in [-0.15, -0.1) is 0 Å².